The molecular formula is C9H16. The van der Waals surface area contributed by atoms with E-state index in [2.05, 4.69) is 26.5 Å². The zero-order chi connectivity index (χ0) is 7.28. The fraction of sp³-hybridized carbons (Fsp3) is 0.667. The molecule has 0 aromatic rings. The highest BCUT2D eigenvalue weighted by molar-refractivity contribution is 4.97. The molecule has 0 bridgehead atoms. The molecule has 0 fully saturated rings. The molecule has 0 radical (unpaired) electrons. The highest BCUT2D eigenvalue weighted by Gasteiger charge is 1.92. The summed E-state index contributed by atoms with van der Waals surface area (Å²) in [7, 11) is 0. The van der Waals surface area contributed by atoms with Crippen LogP contribution in [0.1, 0.15) is 34.1 Å². The van der Waals surface area contributed by atoms with Crippen LogP contribution >= 0.6 is 0 Å². The zero-order valence-corrected chi connectivity index (χ0v) is 6.86. The number of hydrogen-bond donors (Lipinski definition) is 0. The molecule has 0 spiro atoms. The summed E-state index contributed by atoms with van der Waals surface area (Å²) in [6, 6.07) is 0. The maximum atomic E-state index is 3.17. The van der Waals surface area contributed by atoms with Crippen LogP contribution in [0.15, 0.2) is 17.4 Å². The monoisotopic (exact) mass is 124 g/mol. The van der Waals surface area contributed by atoms with Gasteiger partial charge in [-0.3, -0.25) is 0 Å². The molecule has 0 atom stereocenters. The third-order valence-corrected chi connectivity index (χ3v) is 1.11. The number of allylic oxidation sites excluding steroid dienone is 1. The second-order valence-electron chi connectivity index (χ2n) is 2.81. The molecule has 0 aromatic heterocycles. The Bertz CT molecular complexity index is 123. The molecule has 0 aliphatic rings. The van der Waals surface area contributed by atoms with Crippen molar-refractivity contribution in [2.75, 3.05) is 0 Å². The van der Waals surface area contributed by atoms with E-state index < -0.39 is 0 Å². The molecule has 0 saturated heterocycles. The lowest BCUT2D eigenvalue weighted by atomic mass is 10.1. The van der Waals surface area contributed by atoms with Gasteiger partial charge in [0.05, 0.1) is 0 Å². The average Bonchev–Trinajstić information content (AvgIpc) is 1.63. The van der Waals surface area contributed by atoms with Crippen LogP contribution < -0.4 is 0 Å². The van der Waals surface area contributed by atoms with Crippen molar-refractivity contribution in [1.29, 1.82) is 0 Å². The topological polar surface area (TPSA) is 0 Å². The van der Waals surface area contributed by atoms with Crippen LogP contribution in [0.4, 0.5) is 0 Å². The van der Waals surface area contributed by atoms with Crippen molar-refractivity contribution in [3.8, 4) is 0 Å². The van der Waals surface area contributed by atoms with Crippen molar-refractivity contribution in [3.63, 3.8) is 0 Å². The molecule has 0 amide bonds. The second kappa shape index (κ2) is 4.40. The summed E-state index contributed by atoms with van der Waals surface area (Å²) >= 11 is 0. The summed E-state index contributed by atoms with van der Waals surface area (Å²) in [5.74, 6) is 0.762. The van der Waals surface area contributed by atoms with Crippen LogP contribution in [-0.4, -0.2) is 0 Å². The summed E-state index contributed by atoms with van der Waals surface area (Å²) < 4.78 is 0. The average molecular weight is 124 g/mol. The maximum Gasteiger partial charge on any atom is -0.0224 e. The molecule has 0 rings (SSSR count). The van der Waals surface area contributed by atoms with Crippen LogP contribution in [0.3, 0.4) is 0 Å². The van der Waals surface area contributed by atoms with Gasteiger partial charge in [0.25, 0.3) is 0 Å². The summed E-state index contributed by atoms with van der Waals surface area (Å²) in [6.45, 7) is 8.57. The summed E-state index contributed by atoms with van der Waals surface area (Å²) in [4.78, 5) is 0. The quantitative estimate of drug-likeness (QED) is 0.496. The van der Waals surface area contributed by atoms with Crippen molar-refractivity contribution >= 4 is 0 Å². The van der Waals surface area contributed by atoms with Gasteiger partial charge in [-0.05, 0) is 37.8 Å². The minimum absolute atomic E-state index is 0.762. The van der Waals surface area contributed by atoms with Gasteiger partial charge in [-0.15, -0.1) is 5.73 Å². The van der Waals surface area contributed by atoms with Crippen molar-refractivity contribution in [1.82, 2.24) is 0 Å². The first kappa shape index (κ1) is 8.52. The first-order chi connectivity index (χ1) is 4.16. The number of hydrogen-bond acceptors (Lipinski definition) is 0. The van der Waals surface area contributed by atoms with Gasteiger partial charge >= 0.3 is 0 Å². The molecule has 9 heavy (non-hydrogen) atoms. The fourth-order valence-electron chi connectivity index (χ4n) is 0.918. The Balaban J connectivity index is 3.77. The molecule has 0 nitrogen and oxygen atoms in total. The fourth-order valence-corrected chi connectivity index (χ4v) is 0.918. The molecule has 0 aromatic carbocycles. The van der Waals surface area contributed by atoms with Crippen molar-refractivity contribution in [2.45, 2.75) is 34.1 Å². The van der Waals surface area contributed by atoms with E-state index in [-0.39, 0.29) is 0 Å². The Hall–Kier alpha value is -0.480. The second-order valence-corrected chi connectivity index (χ2v) is 2.81. The molecule has 0 unspecified atom stereocenters. The van der Waals surface area contributed by atoms with Crippen LogP contribution in [0, 0.1) is 5.92 Å². The zero-order valence-electron chi connectivity index (χ0n) is 6.86. The minimum Gasteiger partial charge on any atom is -0.127 e. The van der Waals surface area contributed by atoms with Gasteiger partial charge in [0.2, 0.25) is 0 Å². The summed E-state index contributed by atoms with van der Waals surface area (Å²) in [6.07, 6.45) is 3.14. The van der Waals surface area contributed by atoms with E-state index in [9.17, 15) is 0 Å². The van der Waals surface area contributed by atoms with E-state index >= 15 is 0 Å². The van der Waals surface area contributed by atoms with E-state index in [4.69, 9.17) is 0 Å². The molecule has 0 aliphatic carbocycles. The van der Waals surface area contributed by atoms with Gasteiger partial charge in [0, 0.05) is 0 Å². The van der Waals surface area contributed by atoms with Gasteiger partial charge in [-0.1, -0.05) is 13.8 Å². The molecule has 0 saturated carbocycles. The van der Waals surface area contributed by atoms with E-state index in [0.29, 0.717) is 0 Å². The maximum absolute atomic E-state index is 3.17. The van der Waals surface area contributed by atoms with Crippen molar-refractivity contribution in [2.24, 2.45) is 5.92 Å². The van der Waals surface area contributed by atoms with Gasteiger partial charge in [-0.25, -0.2) is 0 Å². The lowest BCUT2D eigenvalue weighted by Gasteiger charge is -2.00. The molecule has 0 heteroatoms. The van der Waals surface area contributed by atoms with Crippen LogP contribution in [-0.2, 0) is 0 Å². The third kappa shape index (κ3) is 5.39. The smallest absolute Gasteiger partial charge is 0.0224 e. The first-order valence-electron chi connectivity index (χ1n) is 3.53. The Morgan fingerprint density at radius 3 is 2.44 bits per heavy atom. The van der Waals surface area contributed by atoms with E-state index in [1.165, 1.54) is 12.0 Å². The van der Waals surface area contributed by atoms with E-state index in [0.717, 1.165) is 5.92 Å². The van der Waals surface area contributed by atoms with Gasteiger partial charge in [0.15, 0.2) is 0 Å². The predicted molar refractivity (Wildman–Crippen MR) is 42.4 cm³/mol. The molecule has 0 N–H and O–H groups in total. The molecule has 0 aliphatic heterocycles. The largest absolute Gasteiger partial charge is 0.127 e. The minimum atomic E-state index is 0.762. The standard InChI is InChI=1S/C9H16/c1-5-6-9(4)7-8(2)3/h5,8H,7H2,1-4H3. The first-order valence-corrected chi connectivity index (χ1v) is 3.53. The van der Waals surface area contributed by atoms with Crippen LogP contribution in [0.5, 0.6) is 0 Å². The molecule has 0 heterocycles. The highest BCUT2D eigenvalue weighted by Crippen LogP contribution is 2.07. The SMILES string of the molecule is CC=C=C(C)CC(C)C. The van der Waals surface area contributed by atoms with Crippen molar-refractivity contribution < 1.29 is 0 Å². The Morgan fingerprint density at radius 1 is 1.56 bits per heavy atom. The Labute approximate surface area is 58.3 Å². The third-order valence-electron chi connectivity index (χ3n) is 1.11. The predicted octanol–water partition coefficient (Wildman–Crippen LogP) is 3.15. The molecular weight excluding hydrogens is 108 g/mol. The van der Waals surface area contributed by atoms with Crippen LogP contribution in [0.2, 0.25) is 0 Å². The highest BCUT2D eigenvalue weighted by atomic mass is 14.0. The lowest BCUT2D eigenvalue weighted by Crippen LogP contribution is -1.85. The summed E-state index contributed by atoms with van der Waals surface area (Å²) in [5, 5.41) is 0. The van der Waals surface area contributed by atoms with Gasteiger partial charge in [0.1, 0.15) is 0 Å². The van der Waals surface area contributed by atoms with E-state index in [1.54, 1.807) is 0 Å². The lowest BCUT2D eigenvalue weighted by molar-refractivity contribution is 0.643. The summed E-state index contributed by atoms with van der Waals surface area (Å²) in [5.41, 5.74) is 4.52. The normalized spacial score (nSPS) is 9.00. The Kier molecular flexibility index (Phi) is 4.17. The number of rotatable bonds is 2. The van der Waals surface area contributed by atoms with E-state index in [1.807, 2.05) is 13.0 Å². The molecule has 52 valence electrons. The van der Waals surface area contributed by atoms with Gasteiger partial charge < -0.3 is 0 Å². The van der Waals surface area contributed by atoms with Crippen molar-refractivity contribution in [3.05, 3.63) is 17.4 Å². The van der Waals surface area contributed by atoms with Crippen LogP contribution in [0.25, 0.3) is 0 Å². The Morgan fingerprint density at radius 2 is 2.11 bits per heavy atom. The van der Waals surface area contributed by atoms with Gasteiger partial charge in [-0.2, -0.15) is 0 Å².